The fraction of sp³-hybridized carbons (Fsp3) is 0.409. The lowest BCUT2D eigenvalue weighted by Crippen LogP contribution is -2.50. The van der Waals surface area contributed by atoms with Crippen LogP contribution in [0.1, 0.15) is 26.3 Å². The zero-order valence-corrected chi connectivity index (χ0v) is 17.2. The van der Waals surface area contributed by atoms with E-state index < -0.39 is 5.60 Å². The van der Waals surface area contributed by atoms with Crippen LogP contribution >= 0.6 is 0 Å². The molecule has 1 aromatic carbocycles. The highest BCUT2D eigenvalue weighted by Gasteiger charge is 2.26. The molecule has 152 valence electrons. The summed E-state index contributed by atoms with van der Waals surface area (Å²) in [5.74, 6) is 0.913. The van der Waals surface area contributed by atoms with E-state index in [-0.39, 0.29) is 6.09 Å². The normalized spacial score (nSPS) is 15.0. The Hall–Kier alpha value is -3.09. The zero-order valence-electron chi connectivity index (χ0n) is 17.2. The van der Waals surface area contributed by atoms with E-state index in [0.29, 0.717) is 19.6 Å². The number of piperazine rings is 1. The predicted molar refractivity (Wildman–Crippen MR) is 113 cm³/mol. The monoisotopic (exact) mass is 393 g/mol. The summed E-state index contributed by atoms with van der Waals surface area (Å²) in [6, 6.07) is 14.3. The summed E-state index contributed by atoms with van der Waals surface area (Å²) in [7, 11) is 0. The van der Waals surface area contributed by atoms with Crippen molar-refractivity contribution in [1.29, 1.82) is 0 Å². The van der Waals surface area contributed by atoms with Gasteiger partial charge in [-0.15, -0.1) is 0 Å². The first-order chi connectivity index (χ1) is 13.9. The van der Waals surface area contributed by atoms with E-state index in [1.807, 2.05) is 55.9 Å². The van der Waals surface area contributed by atoms with Gasteiger partial charge in [0.05, 0.1) is 12.7 Å². The molecule has 29 heavy (non-hydrogen) atoms. The first-order valence-corrected chi connectivity index (χ1v) is 9.98. The number of rotatable bonds is 3. The summed E-state index contributed by atoms with van der Waals surface area (Å²) in [6.07, 6.45) is 1.61. The molecule has 3 heterocycles. The molecule has 0 saturated carbocycles. The molecule has 0 atom stereocenters. The second-order valence-corrected chi connectivity index (χ2v) is 8.32. The molecule has 0 bridgehead atoms. The Balaban J connectivity index is 1.46. The molecule has 4 rings (SSSR count). The highest BCUT2D eigenvalue weighted by atomic mass is 16.6. The van der Waals surface area contributed by atoms with Gasteiger partial charge >= 0.3 is 6.09 Å². The smallest absolute Gasteiger partial charge is 0.410 e. The quantitative estimate of drug-likeness (QED) is 0.681. The highest BCUT2D eigenvalue weighted by molar-refractivity contribution is 5.77. The molecular formula is C22H27N5O2. The maximum absolute atomic E-state index is 12.3. The summed E-state index contributed by atoms with van der Waals surface area (Å²) in [5.41, 5.74) is 1.59. The molecule has 0 spiro atoms. The molecule has 0 N–H and O–H groups in total. The molecule has 2 aromatic heterocycles. The van der Waals surface area contributed by atoms with Gasteiger partial charge in [0, 0.05) is 31.6 Å². The third-order valence-electron chi connectivity index (χ3n) is 4.90. The minimum atomic E-state index is -0.474. The molecule has 3 aromatic rings. The zero-order chi connectivity index (χ0) is 20.4. The van der Waals surface area contributed by atoms with E-state index in [2.05, 4.69) is 28.2 Å². The Bertz CT molecular complexity index is 985. The van der Waals surface area contributed by atoms with Crippen molar-refractivity contribution in [1.82, 2.24) is 19.7 Å². The number of anilines is 1. The van der Waals surface area contributed by atoms with Crippen LogP contribution < -0.4 is 4.90 Å². The van der Waals surface area contributed by atoms with Crippen molar-refractivity contribution >= 4 is 22.9 Å². The maximum atomic E-state index is 12.3. The lowest BCUT2D eigenvalue weighted by molar-refractivity contribution is 0.0240. The van der Waals surface area contributed by atoms with Crippen LogP contribution in [0.5, 0.6) is 0 Å². The molecule has 7 heteroatoms. The van der Waals surface area contributed by atoms with Gasteiger partial charge in [-0.05, 0) is 38.5 Å². The van der Waals surface area contributed by atoms with Gasteiger partial charge in [-0.1, -0.05) is 30.3 Å². The Morgan fingerprint density at radius 2 is 1.76 bits per heavy atom. The van der Waals surface area contributed by atoms with Gasteiger partial charge in [-0.2, -0.15) is 5.10 Å². The van der Waals surface area contributed by atoms with Crippen LogP contribution in [-0.4, -0.2) is 57.5 Å². The first kappa shape index (κ1) is 19.2. The molecule has 1 aliphatic heterocycles. The van der Waals surface area contributed by atoms with E-state index in [9.17, 15) is 4.79 Å². The second-order valence-electron chi connectivity index (χ2n) is 8.32. The van der Waals surface area contributed by atoms with Gasteiger partial charge in [0.25, 0.3) is 0 Å². The van der Waals surface area contributed by atoms with Gasteiger partial charge in [0.1, 0.15) is 11.4 Å². The minimum absolute atomic E-state index is 0.249. The summed E-state index contributed by atoms with van der Waals surface area (Å²) in [5, 5.41) is 5.54. The summed E-state index contributed by atoms with van der Waals surface area (Å²) in [6.45, 7) is 9.05. The largest absolute Gasteiger partial charge is 0.444 e. The number of pyridine rings is 1. The highest BCUT2D eigenvalue weighted by Crippen LogP contribution is 2.21. The minimum Gasteiger partial charge on any atom is -0.444 e. The van der Waals surface area contributed by atoms with Crippen molar-refractivity contribution in [3.05, 3.63) is 54.2 Å². The molecule has 0 radical (unpaired) electrons. The standard InChI is InChI=1S/C22H27N5O2/c1-22(2,3)29-21(28)26-13-11-25(12-14-26)19-10-9-18-15-23-27(20(18)24-19)16-17-7-5-4-6-8-17/h4-10,15H,11-14,16H2,1-3H3. The van der Waals surface area contributed by atoms with Crippen LogP contribution in [0, 0.1) is 0 Å². The molecular weight excluding hydrogens is 366 g/mol. The third-order valence-corrected chi connectivity index (χ3v) is 4.90. The average Bonchev–Trinajstić information content (AvgIpc) is 3.10. The van der Waals surface area contributed by atoms with E-state index >= 15 is 0 Å². The number of aromatic nitrogens is 3. The fourth-order valence-corrected chi connectivity index (χ4v) is 3.44. The topological polar surface area (TPSA) is 63.5 Å². The van der Waals surface area contributed by atoms with Gasteiger partial charge in [-0.3, -0.25) is 0 Å². The average molecular weight is 393 g/mol. The lowest BCUT2D eigenvalue weighted by atomic mass is 10.2. The second kappa shape index (κ2) is 7.73. The van der Waals surface area contributed by atoms with Crippen LogP contribution in [0.25, 0.3) is 11.0 Å². The number of carbonyl (C=O) groups excluding carboxylic acids is 1. The third kappa shape index (κ3) is 4.50. The van der Waals surface area contributed by atoms with E-state index in [1.54, 1.807) is 4.90 Å². The number of carbonyl (C=O) groups is 1. The van der Waals surface area contributed by atoms with Crippen molar-refractivity contribution in [2.24, 2.45) is 0 Å². The number of hydrogen-bond acceptors (Lipinski definition) is 5. The van der Waals surface area contributed by atoms with Crippen LogP contribution in [0.15, 0.2) is 48.7 Å². The predicted octanol–water partition coefficient (Wildman–Crippen LogP) is 3.54. The van der Waals surface area contributed by atoms with Crippen molar-refractivity contribution in [2.45, 2.75) is 32.9 Å². The molecule has 0 aliphatic carbocycles. The fourth-order valence-electron chi connectivity index (χ4n) is 3.44. The molecule has 1 saturated heterocycles. The Morgan fingerprint density at radius 3 is 2.45 bits per heavy atom. The van der Waals surface area contributed by atoms with E-state index in [0.717, 1.165) is 29.9 Å². The van der Waals surface area contributed by atoms with E-state index in [1.165, 1.54) is 5.56 Å². The van der Waals surface area contributed by atoms with Gasteiger partial charge < -0.3 is 14.5 Å². The van der Waals surface area contributed by atoms with Crippen LogP contribution in [0.4, 0.5) is 10.6 Å². The van der Waals surface area contributed by atoms with E-state index in [4.69, 9.17) is 9.72 Å². The summed E-state index contributed by atoms with van der Waals surface area (Å²) in [4.78, 5) is 21.1. The molecule has 1 amide bonds. The number of hydrogen-bond donors (Lipinski definition) is 0. The summed E-state index contributed by atoms with van der Waals surface area (Å²) < 4.78 is 7.41. The Morgan fingerprint density at radius 1 is 1.03 bits per heavy atom. The number of benzene rings is 1. The lowest BCUT2D eigenvalue weighted by Gasteiger charge is -2.36. The summed E-state index contributed by atoms with van der Waals surface area (Å²) >= 11 is 0. The van der Waals surface area contributed by atoms with Gasteiger partial charge in [-0.25, -0.2) is 14.5 Å². The van der Waals surface area contributed by atoms with Crippen LogP contribution in [0.2, 0.25) is 0 Å². The van der Waals surface area contributed by atoms with Crippen molar-refractivity contribution < 1.29 is 9.53 Å². The molecule has 1 fully saturated rings. The number of amides is 1. The van der Waals surface area contributed by atoms with Crippen molar-refractivity contribution in [3.8, 4) is 0 Å². The SMILES string of the molecule is CC(C)(C)OC(=O)N1CCN(c2ccc3cnn(Cc4ccccc4)c3n2)CC1. The molecule has 1 aliphatic rings. The Labute approximate surface area is 170 Å². The van der Waals surface area contributed by atoms with Crippen molar-refractivity contribution in [3.63, 3.8) is 0 Å². The van der Waals surface area contributed by atoms with Gasteiger partial charge in [0.2, 0.25) is 0 Å². The number of ether oxygens (including phenoxy) is 1. The van der Waals surface area contributed by atoms with Crippen LogP contribution in [-0.2, 0) is 11.3 Å². The maximum Gasteiger partial charge on any atom is 0.410 e. The molecule has 7 nitrogen and oxygen atoms in total. The van der Waals surface area contributed by atoms with Gasteiger partial charge in [0.15, 0.2) is 5.65 Å². The first-order valence-electron chi connectivity index (χ1n) is 9.98. The van der Waals surface area contributed by atoms with Crippen LogP contribution in [0.3, 0.4) is 0 Å². The number of nitrogens with zero attached hydrogens (tertiary/aromatic N) is 5. The molecule has 0 unspecified atom stereocenters. The van der Waals surface area contributed by atoms with Crippen molar-refractivity contribution in [2.75, 3.05) is 31.1 Å². The number of fused-ring (bicyclic) bond motifs is 1. The Kier molecular flexibility index (Phi) is 5.13.